The Hall–Kier alpha value is -0.550. The van der Waals surface area contributed by atoms with Gasteiger partial charge in [-0.15, -0.1) is 0 Å². The highest BCUT2D eigenvalue weighted by atomic mass is 79.9. The zero-order valence-corrected chi connectivity index (χ0v) is 9.75. The molecular weight excluding hydrogens is 246 g/mol. The summed E-state index contributed by atoms with van der Waals surface area (Å²) >= 11 is 3.49. The van der Waals surface area contributed by atoms with Crippen LogP contribution in [0.2, 0.25) is 0 Å². The van der Waals surface area contributed by atoms with Crippen LogP contribution in [0.25, 0.3) is 0 Å². The fourth-order valence-corrected chi connectivity index (χ4v) is 2.41. The van der Waals surface area contributed by atoms with Crippen LogP contribution in [-0.2, 0) is 0 Å². The average molecular weight is 260 g/mol. The van der Waals surface area contributed by atoms with Gasteiger partial charge in [-0.25, -0.2) is 0 Å². The summed E-state index contributed by atoms with van der Waals surface area (Å²) in [6, 6.07) is 0.446. The predicted molar refractivity (Wildman–Crippen MR) is 57.6 cm³/mol. The van der Waals surface area contributed by atoms with Crippen molar-refractivity contribution in [2.24, 2.45) is 0 Å². The molecule has 0 saturated carbocycles. The van der Waals surface area contributed by atoms with Gasteiger partial charge in [0.15, 0.2) is 5.75 Å². The third-order valence-electron chi connectivity index (χ3n) is 2.54. The van der Waals surface area contributed by atoms with Gasteiger partial charge in [0, 0.05) is 6.54 Å². The lowest BCUT2D eigenvalue weighted by Gasteiger charge is -2.23. The van der Waals surface area contributed by atoms with Crippen LogP contribution in [0.4, 0.5) is 0 Å². The summed E-state index contributed by atoms with van der Waals surface area (Å²) in [5.41, 5.74) is 0. The largest absolute Gasteiger partial charge is 0.492 e. The highest BCUT2D eigenvalue weighted by Gasteiger charge is 2.19. The second-order valence-electron chi connectivity index (χ2n) is 3.45. The van der Waals surface area contributed by atoms with Crippen molar-refractivity contribution in [3.8, 4) is 5.75 Å². The van der Waals surface area contributed by atoms with Crippen LogP contribution < -0.4 is 10.1 Å². The van der Waals surface area contributed by atoms with E-state index in [1.54, 1.807) is 13.3 Å². The zero-order valence-electron chi connectivity index (χ0n) is 8.16. The van der Waals surface area contributed by atoms with E-state index >= 15 is 0 Å². The molecule has 1 aromatic rings. The first-order chi connectivity index (χ1) is 6.83. The van der Waals surface area contributed by atoms with Gasteiger partial charge in [-0.1, -0.05) is 0 Å². The number of rotatable bonds is 2. The first kappa shape index (κ1) is 9.98. The maximum absolute atomic E-state index is 5.17. The Morgan fingerprint density at radius 3 is 3.14 bits per heavy atom. The number of hydrogen-bond acceptors (Lipinski definition) is 3. The standard InChI is InChI=1S/C9H14BrN3O/c1-14-8-6-12-13(9(8)10)7-3-2-4-11-5-7/h6-7,11H,2-5H2,1H3. The van der Waals surface area contributed by atoms with Crippen molar-refractivity contribution in [2.45, 2.75) is 18.9 Å². The molecule has 1 unspecified atom stereocenters. The second-order valence-corrected chi connectivity index (χ2v) is 4.20. The number of methoxy groups -OCH3 is 1. The average Bonchev–Trinajstić information content (AvgIpc) is 2.61. The van der Waals surface area contributed by atoms with E-state index in [0.29, 0.717) is 6.04 Å². The van der Waals surface area contributed by atoms with Crippen molar-refractivity contribution in [3.63, 3.8) is 0 Å². The Labute approximate surface area is 91.8 Å². The molecule has 78 valence electrons. The summed E-state index contributed by atoms with van der Waals surface area (Å²) in [7, 11) is 1.66. The summed E-state index contributed by atoms with van der Waals surface area (Å²) < 4.78 is 8.10. The maximum Gasteiger partial charge on any atom is 0.171 e. The number of aromatic nitrogens is 2. The van der Waals surface area contributed by atoms with Gasteiger partial charge in [0.2, 0.25) is 0 Å². The summed E-state index contributed by atoms with van der Waals surface area (Å²) in [6.45, 7) is 2.11. The van der Waals surface area contributed by atoms with Crippen LogP contribution in [0.5, 0.6) is 5.75 Å². The topological polar surface area (TPSA) is 39.1 Å². The van der Waals surface area contributed by atoms with Crippen LogP contribution in [0, 0.1) is 0 Å². The van der Waals surface area contributed by atoms with Gasteiger partial charge in [-0.2, -0.15) is 5.10 Å². The molecule has 1 aliphatic heterocycles. The van der Waals surface area contributed by atoms with Crippen LogP contribution in [0.15, 0.2) is 10.8 Å². The number of ether oxygens (including phenoxy) is 1. The molecule has 4 nitrogen and oxygen atoms in total. The van der Waals surface area contributed by atoms with Gasteiger partial charge in [-0.05, 0) is 35.3 Å². The number of hydrogen-bond donors (Lipinski definition) is 1. The number of piperidine rings is 1. The number of nitrogens with zero attached hydrogens (tertiary/aromatic N) is 2. The highest BCUT2D eigenvalue weighted by molar-refractivity contribution is 9.10. The molecule has 14 heavy (non-hydrogen) atoms. The van der Waals surface area contributed by atoms with Crippen molar-refractivity contribution in [1.29, 1.82) is 0 Å². The van der Waals surface area contributed by atoms with E-state index < -0.39 is 0 Å². The van der Waals surface area contributed by atoms with E-state index in [1.807, 2.05) is 4.68 Å². The van der Waals surface area contributed by atoms with E-state index in [4.69, 9.17) is 4.74 Å². The molecule has 0 radical (unpaired) electrons. The van der Waals surface area contributed by atoms with Crippen LogP contribution in [0.3, 0.4) is 0 Å². The van der Waals surface area contributed by atoms with Gasteiger partial charge in [-0.3, -0.25) is 4.68 Å². The lowest BCUT2D eigenvalue weighted by atomic mass is 10.1. The Morgan fingerprint density at radius 2 is 2.57 bits per heavy atom. The lowest BCUT2D eigenvalue weighted by Crippen LogP contribution is -2.32. The van der Waals surface area contributed by atoms with Gasteiger partial charge < -0.3 is 10.1 Å². The quantitative estimate of drug-likeness (QED) is 0.877. The third-order valence-corrected chi connectivity index (χ3v) is 3.29. The highest BCUT2D eigenvalue weighted by Crippen LogP contribution is 2.28. The monoisotopic (exact) mass is 259 g/mol. The Morgan fingerprint density at radius 1 is 1.71 bits per heavy atom. The maximum atomic E-state index is 5.17. The van der Waals surface area contributed by atoms with Gasteiger partial charge >= 0.3 is 0 Å². The van der Waals surface area contributed by atoms with Gasteiger partial charge in [0.1, 0.15) is 4.60 Å². The fourth-order valence-electron chi connectivity index (χ4n) is 1.77. The SMILES string of the molecule is COc1cnn(C2CCCNC2)c1Br. The van der Waals surface area contributed by atoms with E-state index in [-0.39, 0.29) is 0 Å². The second kappa shape index (κ2) is 4.31. The normalized spacial score (nSPS) is 22.3. The molecule has 1 atom stereocenters. The molecule has 1 aromatic heterocycles. The van der Waals surface area contributed by atoms with E-state index in [0.717, 1.165) is 23.4 Å². The molecule has 0 aromatic carbocycles. The molecule has 0 amide bonds. The minimum absolute atomic E-state index is 0.446. The van der Waals surface area contributed by atoms with E-state index in [1.165, 1.54) is 12.8 Å². The molecule has 2 heterocycles. The van der Waals surface area contributed by atoms with Crippen LogP contribution >= 0.6 is 15.9 Å². The van der Waals surface area contributed by atoms with Gasteiger partial charge in [0.25, 0.3) is 0 Å². The minimum Gasteiger partial charge on any atom is -0.492 e. The van der Waals surface area contributed by atoms with E-state index in [2.05, 4.69) is 26.3 Å². The predicted octanol–water partition coefficient (Wildman–Crippen LogP) is 1.58. The van der Waals surface area contributed by atoms with E-state index in [9.17, 15) is 0 Å². The Bertz CT molecular complexity index is 307. The summed E-state index contributed by atoms with van der Waals surface area (Å²) in [5.74, 6) is 0.801. The minimum atomic E-state index is 0.446. The Balaban J connectivity index is 2.18. The Kier molecular flexibility index (Phi) is 3.08. The first-order valence-electron chi connectivity index (χ1n) is 4.80. The first-order valence-corrected chi connectivity index (χ1v) is 5.60. The summed E-state index contributed by atoms with van der Waals surface area (Å²) in [6.07, 6.45) is 4.13. The van der Waals surface area contributed by atoms with Crippen molar-refractivity contribution < 1.29 is 4.74 Å². The molecule has 1 N–H and O–H groups in total. The smallest absolute Gasteiger partial charge is 0.171 e. The van der Waals surface area contributed by atoms with Crippen molar-refractivity contribution >= 4 is 15.9 Å². The van der Waals surface area contributed by atoms with Crippen molar-refractivity contribution in [3.05, 3.63) is 10.8 Å². The molecule has 0 aliphatic carbocycles. The van der Waals surface area contributed by atoms with Crippen molar-refractivity contribution in [1.82, 2.24) is 15.1 Å². The molecule has 1 saturated heterocycles. The van der Waals surface area contributed by atoms with Crippen molar-refractivity contribution in [2.75, 3.05) is 20.2 Å². The lowest BCUT2D eigenvalue weighted by molar-refractivity contribution is 0.339. The zero-order chi connectivity index (χ0) is 9.97. The van der Waals surface area contributed by atoms with Gasteiger partial charge in [0.05, 0.1) is 19.3 Å². The molecule has 1 aliphatic rings. The third kappa shape index (κ3) is 1.79. The summed E-state index contributed by atoms with van der Waals surface area (Å²) in [5, 5.41) is 7.68. The molecule has 0 spiro atoms. The summed E-state index contributed by atoms with van der Waals surface area (Å²) in [4.78, 5) is 0. The molecule has 1 fully saturated rings. The number of nitrogens with one attached hydrogen (secondary N) is 1. The van der Waals surface area contributed by atoms with Crippen LogP contribution in [-0.4, -0.2) is 30.0 Å². The molecule has 0 bridgehead atoms. The molecular formula is C9H14BrN3O. The molecule has 5 heteroatoms. The van der Waals surface area contributed by atoms with Crippen LogP contribution in [0.1, 0.15) is 18.9 Å². The fraction of sp³-hybridized carbons (Fsp3) is 0.667. The molecule has 2 rings (SSSR count). The number of halogens is 1.